The van der Waals surface area contributed by atoms with Crippen LogP contribution in [0.2, 0.25) is 5.15 Å². The van der Waals surface area contributed by atoms with E-state index in [9.17, 15) is 5.11 Å². The van der Waals surface area contributed by atoms with Gasteiger partial charge in [-0.05, 0) is 31.0 Å². The summed E-state index contributed by atoms with van der Waals surface area (Å²) in [7, 11) is 0. The Morgan fingerprint density at radius 3 is 2.55 bits per heavy atom. The van der Waals surface area contributed by atoms with Gasteiger partial charge < -0.3 is 10.4 Å². The molecular formula is C15H18ClN3O. The number of phenolic OH excluding ortho intramolecular Hbond substituents is 1. The van der Waals surface area contributed by atoms with Gasteiger partial charge in [0.2, 0.25) is 0 Å². The van der Waals surface area contributed by atoms with E-state index < -0.39 is 0 Å². The van der Waals surface area contributed by atoms with E-state index in [0.717, 1.165) is 35.6 Å². The quantitative estimate of drug-likeness (QED) is 0.825. The van der Waals surface area contributed by atoms with E-state index in [0.29, 0.717) is 11.7 Å². The standard InChI is InChI=1S/C15H18ClN3O/c1-3-4-13-18-14(16)10(2)15(19-13)17-9-11-5-7-12(20)8-6-11/h5-8,20H,3-4,9H2,1-2H3,(H,17,18,19). The zero-order chi connectivity index (χ0) is 14.5. The van der Waals surface area contributed by atoms with Gasteiger partial charge in [-0.15, -0.1) is 0 Å². The SMILES string of the molecule is CCCc1nc(Cl)c(C)c(NCc2ccc(O)cc2)n1. The first-order valence-electron chi connectivity index (χ1n) is 6.65. The molecule has 0 saturated heterocycles. The Morgan fingerprint density at radius 1 is 1.20 bits per heavy atom. The first kappa shape index (κ1) is 14.6. The zero-order valence-corrected chi connectivity index (χ0v) is 12.4. The van der Waals surface area contributed by atoms with E-state index in [1.54, 1.807) is 12.1 Å². The maximum Gasteiger partial charge on any atom is 0.137 e. The lowest BCUT2D eigenvalue weighted by atomic mass is 10.2. The van der Waals surface area contributed by atoms with Crippen molar-refractivity contribution in [3.63, 3.8) is 0 Å². The third kappa shape index (κ3) is 3.61. The minimum absolute atomic E-state index is 0.264. The molecule has 4 nitrogen and oxygen atoms in total. The third-order valence-corrected chi connectivity index (χ3v) is 3.37. The molecule has 0 radical (unpaired) electrons. The molecule has 0 amide bonds. The molecule has 0 fully saturated rings. The molecule has 0 aliphatic carbocycles. The van der Waals surface area contributed by atoms with Crippen LogP contribution in [0.3, 0.4) is 0 Å². The molecule has 106 valence electrons. The Hall–Kier alpha value is -1.81. The normalized spacial score (nSPS) is 10.6. The smallest absolute Gasteiger partial charge is 0.137 e. The van der Waals surface area contributed by atoms with Crippen LogP contribution in [0.15, 0.2) is 24.3 Å². The molecule has 0 saturated carbocycles. The molecule has 2 rings (SSSR count). The maximum absolute atomic E-state index is 9.26. The molecular weight excluding hydrogens is 274 g/mol. The van der Waals surface area contributed by atoms with Crippen molar-refractivity contribution in [2.45, 2.75) is 33.2 Å². The Labute approximate surface area is 123 Å². The van der Waals surface area contributed by atoms with Crippen LogP contribution in [0.4, 0.5) is 5.82 Å². The van der Waals surface area contributed by atoms with Crippen LogP contribution in [0.1, 0.15) is 30.3 Å². The molecule has 0 spiro atoms. The van der Waals surface area contributed by atoms with E-state index in [1.807, 2.05) is 19.1 Å². The van der Waals surface area contributed by atoms with Gasteiger partial charge in [0.15, 0.2) is 0 Å². The number of anilines is 1. The summed E-state index contributed by atoms with van der Waals surface area (Å²) in [6.45, 7) is 4.61. The molecule has 0 bridgehead atoms. The number of nitrogens with one attached hydrogen (secondary N) is 1. The highest BCUT2D eigenvalue weighted by molar-refractivity contribution is 6.30. The molecule has 0 aliphatic rings. The first-order valence-corrected chi connectivity index (χ1v) is 7.02. The van der Waals surface area contributed by atoms with Crippen LogP contribution in [0.25, 0.3) is 0 Å². The molecule has 0 atom stereocenters. The van der Waals surface area contributed by atoms with Gasteiger partial charge in [-0.3, -0.25) is 0 Å². The van der Waals surface area contributed by atoms with Crippen LogP contribution in [-0.4, -0.2) is 15.1 Å². The number of hydrogen-bond acceptors (Lipinski definition) is 4. The van der Waals surface area contributed by atoms with E-state index in [-0.39, 0.29) is 5.75 Å². The molecule has 2 N–H and O–H groups in total. The van der Waals surface area contributed by atoms with Crippen molar-refractivity contribution in [1.29, 1.82) is 0 Å². The van der Waals surface area contributed by atoms with E-state index in [4.69, 9.17) is 11.6 Å². The molecule has 2 aromatic rings. The predicted octanol–water partition coefficient (Wildman–Crippen LogP) is 3.71. The molecule has 0 unspecified atom stereocenters. The van der Waals surface area contributed by atoms with E-state index >= 15 is 0 Å². The summed E-state index contributed by atoms with van der Waals surface area (Å²) < 4.78 is 0. The number of halogens is 1. The fourth-order valence-electron chi connectivity index (χ4n) is 1.84. The lowest BCUT2D eigenvalue weighted by molar-refractivity contribution is 0.475. The van der Waals surface area contributed by atoms with Crippen molar-refractivity contribution in [2.75, 3.05) is 5.32 Å². The van der Waals surface area contributed by atoms with Crippen molar-refractivity contribution in [3.05, 3.63) is 46.4 Å². The molecule has 1 aromatic heterocycles. The minimum Gasteiger partial charge on any atom is -0.508 e. The Morgan fingerprint density at radius 2 is 1.90 bits per heavy atom. The molecule has 1 aromatic carbocycles. The largest absolute Gasteiger partial charge is 0.508 e. The van der Waals surface area contributed by atoms with Gasteiger partial charge in [0.05, 0.1) is 0 Å². The second kappa shape index (κ2) is 6.57. The Kier molecular flexibility index (Phi) is 4.79. The fourth-order valence-corrected chi connectivity index (χ4v) is 2.03. The van der Waals surface area contributed by atoms with Gasteiger partial charge in [0.25, 0.3) is 0 Å². The summed E-state index contributed by atoms with van der Waals surface area (Å²) >= 11 is 6.13. The molecule has 0 aliphatic heterocycles. The number of aryl methyl sites for hydroxylation is 1. The molecule has 1 heterocycles. The van der Waals surface area contributed by atoms with Crippen molar-refractivity contribution >= 4 is 17.4 Å². The van der Waals surface area contributed by atoms with Crippen LogP contribution in [-0.2, 0) is 13.0 Å². The van der Waals surface area contributed by atoms with Crippen LogP contribution < -0.4 is 5.32 Å². The number of hydrogen-bond donors (Lipinski definition) is 2. The van der Waals surface area contributed by atoms with Crippen LogP contribution in [0.5, 0.6) is 5.75 Å². The van der Waals surface area contributed by atoms with E-state index in [1.165, 1.54) is 0 Å². The predicted molar refractivity (Wildman–Crippen MR) is 81.2 cm³/mol. The summed E-state index contributed by atoms with van der Waals surface area (Å²) in [5.41, 5.74) is 1.92. The van der Waals surface area contributed by atoms with Gasteiger partial charge in [-0.1, -0.05) is 30.7 Å². The topological polar surface area (TPSA) is 58.0 Å². The molecule has 5 heteroatoms. The van der Waals surface area contributed by atoms with Crippen LogP contribution in [0, 0.1) is 6.92 Å². The maximum atomic E-state index is 9.26. The molecule has 20 heavy (non-hydrogen) atoms. The number of aromatic nitrogens is 2. The van der Waals surface area contributed by atoms with Crippen molar-refractivity contribution in [1.82, 2.24) is 9.97 Å². The zero-order valence-electron chi connectivity index (χ0n) is 11.7. The van der Waals surface area contributed by atoms with Gasteiger partial charge in [0.1, 0.15) is 22.5 Å². The van der Waals surface area contributed by atoms with Gasteiger partial charge in [-0.25, -0.2) is 9.97 Å². The highest BCUT2D eigenvalue weighted by Crippen LogP contribution is 2.21. The number of benzene rings is 1. The number of aromatic hydroxyl groups is 1. The first-order chi connectivity index (χ1) is 9.60. The minimum atomic E-state index is 0.264. The number of phenols is 1. The lowest BCUT2D eigenvalue weighted by Gasteiger charge is -2.11. The second-order valence-corrected chi connectivity index (χ2v) is 5.03. The van der Waals surface area contributed by atoms with Crippen LogP contribution >= 0.6 is 11.6 Å². The van der Waals surface area contributed by atoms with Crippen molar-refractivity contribution < 1.29 is 5.11 Å². The monoisotopic (exact) mass is 291 g/mol. The summed E-state index contributed by atoms with van der Waals surface area (Å²) in [6.07, 6.45) is 1.80. The summed E-state index contributed by atoms with van der Waals surface area (Å²) in [6, 6.07) is 7.07. The van der Waals surface area contributed by atoms with Gasteiger partial charge in [0, 0.05) is 18.5 Å². The van der Waals surface area contributed by atoms with E-state index in [2.05, 4.69) is 22.2 Å². The average Bonchev–Trinajstić information content (AvgIpc) is 2.43. The summed E-state index contributed by atoms with van der Waals surface area (Å²) in [5.74, 6) is 1.79. The Balaban J connectivity index is 2.13. The van der Waals surface area contributed by atoms with Gasteiger partial charge in [-0.2, -0.15) is 0 Å². The van der Waals surface area contributed by atoms with Gasteiger partial charge >= 0.3 is 0 Å². The highest BCUT2D eigenvalue weighted by Gasteiger charge is 2.08. The summed E-state index contributed by atoms with van der Waals surface area (Å²) in [4.78, 5) is 8.77. The highest BCUT2D eigenvalue weighted by atomic mass is 35.5. The average molecular weight is 292 g/mol. The summed E-state index contributed by atoms with van der Waals surface area (Å²) in [5, 5.41) is 13.0. The third-order valence-electron chi connectivity index (χ3n) is 3.00. The van der Waals surface area contributed by atoms with Crippen molar-refractivity contribution in [3.8, 4) is 5.75 Å². The Bertz CT molecular complexity index is 584. The second-order valence-electron chi connectivity index (χ2n) is 4.67. The van der Waals surface area contributed by atoms with Crippen molar-refractivity contribution in [2.24, 2.45) is 0 Å². The lowest BCUT2D eigenvalue weighted by Crippen LogP contribution is -2.07. The fraction of sp³-hybridized carbons (Fsp3) is 0.333. The number of rotatable bonds is 5. The number of nitrogens with zero attached hydrogens (tertiary/aromatic N) is 2.